The smallest absolute Gasteiger partial charge is 0.226 e. The fourth-order valence-electron chi connectivity index (χ4n) is 3.18. The van der Waals surface area contributed by atoms with Crippen molar-refractivity contribution in [3.8, 4) is 28.6 Å². The summed E-state index contributed by atoms with van der Waals surface area (Å²) in [5, 5.41) is 10.5. The number of aromatic nitrogens is 3. The highest BCUT2D eigenvalue weighted by Gasteiger charge is 2.11. The van der Waals surface area contributed by atoms with Gasteiger partial charge in [-0.15, -0.1) is 0 Å². The van der Waals surface area contributed by atoms with Gasteiger partial charge in [0.25, 0.3) is 0 Å². The van der Waals surface area contributed by atoms with E-state index in [0.717, 1.165) is 11.3 Å². The molecule has 1 heterocycles. The number of benzene rings is 3. The first-order valence-electron chi connectivity index (χ1n) is 10.2. The molecule has 168 valence electrons. The predicted octanol–water partition coefficient (Wildman–Crippen LogP) is 6.09. The Morgan fingerprint density at radius 3 is 2.45 bits per heavy atom. The summed E-state index contributed by atoms with van der Waals surface area (Å²) in [4.78, 5) is 12.5. The number of H-pyrrole nitrogens is 1. The number of hydrogen-bond donors (Lipinski definition) is 2. The third kappa shape index (κ3) is 5.60. The molecule has 0 saturated heterocycles. The Morgan fingerprint density at radius 1 is 1.06 bits per heavy atom. The van der Waals surface area contributed by atoms with Crippen molar-refractivity contribution in [2.24, 2.45) is 0 Å². The topological polar surface area (TPSA) is 81.2 Å². The van der Waals surface area contributed by atoms with Gasteiger partial charge in [-0.25, -0.2) is 0 Å². The summed E-state index contributed by atoms with van der Waals surface area (Å²) >= 11 is 11.5. The van der Waals surface area contributed by atoms with Crippen molar-refractivity contribution in [1.82, 2.24) is 14.8 Å². The first kappa shape index (κ1) is 22.6. The number of para-hydroxylation sites is 1. The summed E-state index contributed by atoms with van der Waals surface area (Å²) in [6.45, 7) is 0.385. The van der Waals surface area contributed by atoms with Crippen molar-refractivity contribution in [2.75, 3.05) is 12.4 Å². The summed E-state index contributed by atoms with van der Waals surface area (Å²) in [5.41, 5.74) is 1.54. The average molecular weight is 481 g/mol. The largest absolute Gasteiger partial charge is 0.497 e. The standard InChI is InChI=1S/C24H21ClN4O3S/c1-31-18-10-6-16(7-11-18)23-27-28-24(33)29(23)15-14-22(30)26-17-8-12-19(13-9-17)32-21-5-3-2-4-20(21)25/h2-13H,14-15H2,1H3,(H,26,30)(H,28,33). The molecule has 0 aliphatic heterocycles. The van der Waals surface area contributed by atoms with Crippen LogP contribution >= 0.6 is 23.8 Å². The van der Waals surface area contributed by atoms with E-state index in [2.05, 4.69) is 15.5 Å². The molecule has 1 amide bonds. The number of ether oxygens (including phenoxy) is 2. The molecule has 0 atom stereocenters. The number of carbonyl (C=O) groups excluding carboxylic acids is 1. The highest BCUT2D eigenvalue weighted by Crippen LogP contribution is 2.29. The first-order valence-corrected chi connectivity index (χ1v) is 10.9. The summed E-state index contributed by atoms with van der Waals surface area (Å²) in [5.74, 6) is 2.47. The summed E-state index contributed by atoms with van der Waals surface area (Å²) in [6.07, 6.45) is 0.231. The van der Waals surface area contributed by atoms with E-state index < -0.39 is 0 Å². The van der Waals surface area contributed by atoms with Crippen LogP contribution in [-0.4, -0.2) is 27.8 Å². The molecule has 7 nitrogen and oxygen atoms in total. The van der Waals surface area contributed by atoms with Crippen molar-refractivity contribution in [1.29, 1.82) is 0 Å². The Hall–Kier alpha value is -3.62. The average Bonchev–Trinajstić information content (AvgIpc) is 3.20. The van der Waals surface area contributed by atoms with E-state index in [0.29, 0.717) is 39.3 Å². The lowest BCUT2D eigenvalue weighted by molar-refractivity contribution is -0.116. The fraction of sp³-hybridized carbons (Fsp3) is 0.125. The molecule has 2 N–H and O–H groups in total. The van der Waals surface area contributed by atoms with Gasteiger partial charge in [-0.3, -0.25) is 14.5 Å². The van der Waals surface area contributed by atoms with Crippen molar-refractivity contribution in [2.45, 2.75) is 13.0 Å². The van der Waals surface area contributed by atoms with Gasteiger partial charge in [0.05, 0.1) is 12.1 Å². The van der Waals surface area contributed by atoms with Gasteiger partial charge in [-0.2, -0.15) is 5.10 Å². The second kappa shape index (κ2) is 10.3. The van der Waals surface area contributed by atoms with Gasteiger partial charge in [-0.05, 0) is 72.9 Å². The molecule has 0 spiro atoms. The molecule has 0 unspecified atom stereocenters. The lowest BCUT2D eigenvalue weighted by atomic mass is 10.2. The molecule has 0 saturated carbocycles. The quantitative estimate of drug-likeness (QED) is 0.298. The van der Waals surface area contributed by atoms with E-state index in [4.69, 9.17) is 33.3 Å². The molecule has 33 heavy (non-hydrogen) atoms. The normalized spacial score (nSPS) is 10.6. The third-order valence-electron chi connectivity index (χ3n) is 4.87. The number of aromatic amines is 1. The molecule has 4 rings (SSSR count). The lowest BCUT2D eigenvalue weighted by Crippen LogP contribution is -2.15. The van der Waals surface area contributed by atoms with Crippen LogP contribution in [0.25, 0.3) is 11.4 Å². The second-order valence-corrected chi connectivity index (χ2v) is 7.88. The van der Waals surface area contributed by atoms with Crippen LogP contribution < -0.4 is 14.8 Å². The highest BCUT2D eigenvalue weighted by atomic mass is 35.5. The van der Waals surface area contributed by atoms with Crippen LogP contribution in [0, 0.1) is 4.77 Å². The SMILES string of the molecule is COc1ccc(-c2n[nH]c(=S)n2CCC(=O)Nc2ccc(Oc3ccccc3Cl)cc2)cc1. The van der Waals surface area contributed by atoms with Crippen molar-refractivity contribution >= 4 is 35.4 Å². The zero-order chi connectivity index (χ0) is 23.2. The number of halogens is 1. The summed E-state index contributed by atoms with van der Waals surface area (Å²) in [7, 11) is 1.61. The molecule has 3 aromatic carbocycles. The molecule has 1 aromatic heterocycles. The molecule has 0 aliphatic rings. The highest BCUT2D eigenvalue weighted by molar-refractivity contribution is 7.71. The van der Waals surface area contributed by atoms with Crippen molar-refractivity contribution in [3.05, 3.63) is 82.6 Å². The Kier molecular flexibility index (Phi) is 7.07. The summed E-state index contributed by atoms with van der Waals surface area (Å²) in [6, 6.07) is 21.8. The Labute approximate surface area is 200 Å². The molecule has 4 aromatic rings. The molecular weight excluding hydrogens is 460 g/mol. The van der Waals surface area contributed by atoms with Crippen molar-refractivity contribution < 1.29 is 14.3 Å². The van der Waals surface area contributed by atoms with Gasteiger partial charge in [0.1, 0.15) is 17.2 Å². The minimum atomic E-state index is -0.140. The van der Waals surface area contributed by atoms with E-state index in [1.165, 1.54) is 0 Å². The van der Waals surface area contributed by atoms with Crippen LogP contribution in [0.4, 0.5) is 5.69 Å². The van der Waals surface area contributed by atoms with E-state index in [-0.39, 0.29) is 12.3 Å². The molecule has 0 aliphatic carbocycles. The van der Waals surface area contributed by atoms with E-state index in [1.807, 2.05) is 36.4 Å². The van der Waals surface area contributed by atoms with Gasteiger partial charge in [0.2, 0.25) is 5.91 Å². The zero-order valence-electron chi connectivity index (χ0n) is 17.7. The number of nitrogens with zero attached hydrogens (tertiary/aromatic N) is 2. The van der Waals surface area contributed by atoms with Crippen LogP contribution in [-0.2, 0) is 11.3 Å². The molecule has 0 radical (unpaired) electrons. The molecule has 0 fully saturated rings. The van der Waals surface area contributed by atoms with E-state index in [9.17, 15) is 4.79 Å². The van der Waals surface area contributed by atoms with Crippen molar-refractivity contribution in [3.63, 3.8) is 0 Å². The number of rotatable bonds is 8. The first-order chi connectivity index (χ1) is 16.0. The molecule has 9 heteroatoms. The Morgan fingerprint density at radius 2 is 1.76 bits per heavy atom. The number of amides is 1. The number of methoxy groups -OCH3 is 1. The van der Waals surface area contributed by atoms with E-state index in [1.54, 1.807) is 48.1 Å². The lowest BCUT2D eigenvalue weighted by Gasteiger charge is -2.10. The Bertz CT molecular complexity index is 1300. The van der Waals surface area contributed by atoms with Gasteiger partial charge >= 0.3 is 0 Å². The maximum absolute atomic E-state index is 12.5. The fourth-order valence-corrected chi connectivity index (χ4v) is 3.58. The number of hydrogen-bond acceptors (Lipinski definition) is 5. The third-order valence-corrected chi connectivity index (χ3v) is 5.50. The second-order valence-electron chi connectivity index (χ2n) is 7.09. The minimum Gasteiger partial charge on any atom is -0.497 e. The maximum Gasteiger partial charge on any atom is 0.226 e. The maximum atomic E-state index is 12.5. The molecule has 0 bridgehead atoms. The van der Waals surface area contributed by atoms with Crippen LogP contribution in [0.1, 0.15) is 6.42 Å². The number of anilines is 1. The monoisotopic (exact) mass is 480 g/mol. The molecular formula is C24H21ClN4O3S. The number of nitrogens with one attached hydrogen (secondary N) is 2. The minimum absolute atomic E-state index is 0.140. The predicted molar refractivity (Wildman–Crippen MR) is 131 cm³/mol. The van der Waals surface area contributed by atoms with Crippen LogP contribution in [0.15, 0.2) is 72.8 Å². The van der Waals surface area contributed by atoms with Gasteiger partial charge in [0, 0.05) is 24.2 Å². The van der Waals surface area contributed by atoms with Gasteiger partial charge < -0.3 is 14.8 Å². The van der Waals surface area contributed by atoms with Crippen LogP contribution in [0.3, 0.4) is 0 Å². The Balaban J connectivity index is 1.36. The van der Waals surface area contributed by atoms with Gasteiger partial charge in [-0.1, -0.05) is 23.7 Å². The van der Waals surface area contributed by atoms with Crippen LogP contribution in [0.5, 0.6) is 17.2 Å². The summed E-state index contributed by atoms with van der Waals surface area (Å²) < 4.78 is 13.2. The zero-order valence-corrected chi connectivity index (χ0v) is 19.3. The van der Waals surface area contributed by atoms with E-state index >= 15 is 0 Å². The van der Waals surface area contributed by atoms with Gasteiger partial charge in [0.15, 0.2) is 10.6 Å². The van der Waals surface area contributed by atoms with Crippen LogP contribution in [0.2, 0.25) is 5.02 Å². The number of carbonyl (C=O) groups is 1.